The number of nitrogens with one attached hydrogen (secondary N) is 2. The fourth-order valence-electron chi connectivity index (χ4n) is 1.86. The second-order valence-electron chi connectivity index (χ2n) is 4.91. The molecule has 0 aliphatic heterocycles. The lowest BCUT2D eigenvalue weighted by atomic mass is 10.2. The molecular formula is C15H26N2O2S. The summed E-state index contributed by atoms with van der Waals surface area (Å²) in [6, 6.07) is 6.90. The number of hydrogen-bond acceptors (Lipinski definition) is 3. The van der Waals surface area contributed by atoms with Gasteiger partial charge in [0.05, 0.1) is 4.90 Å². The molecule has 0 radical (unpaired) electrons. The highest BCUT2D eigenvalue weighted by Gasteiger charge is 2.12. The van der Waals surface area contributed by atoms with Crippen LogP contribution in [-0.2, 0) is 10.0 Å². The molecule has 20 heavy (non-hydrogen) atoms. The Morgan fingerprint density at radius 1 is 0.900 bits per heavy atom. The van der Waals surface area contributed by atoms with E-state index < -0.39 is 10.0 Å². The summed E-state index contributed by atoms with van der Waals surface area (Å²) in [5, 5.41) is 3.22. The number of rotatable bonds is 10. The Morgan fingerprint density at radius 2 is 1.60 bits per heavy atom. The predicted octanol–water partition coefficient (Wildman–Crippen LogP) is 3.37. The van der Waals surface area contributed by atoms with Crippen molar-refractivity contribution in [1.29, 1.82) is 0 Å². The molecule has 1 rings (SSSR count). The summed E-state index contributed by atoms with van der Waals surface area (Å²) >= 11 is 0. The monoisotopic (exact) mass is 298 g/mol. The van der Waals surface area contributed by atoms with Crippen LogP contribution in [0.5, 0.6) is 0 Å². The number of hydrogen-bond donors (Lipinski definition) is 2. The lowest BCUT2D eigenvalue weighted by molar-refractivity contribution is 0.573. The van der Waals surface area contributed by atoms with E-state index in [1.807, 2.05) is 0 Å². The first kappa shape index (κ1) is 17.0. The second kappa shape index (κ2) is 8.97. The van der Waals surface area contributed by atoms with Gasteiger partial charge >= 0.3 is 0 Å². The highest BCUT2D eigenvalue weighted by molar-refractivity contribution is 7.89. The lowest BCUT2D eigenvalue weighted by Crippen LogP contribution is -2.24. The maximum Gasteiger partial charge on any atom is 0.240 e. The fraction of sp³-hybridized carbons (Fsp3) is 0.600. The zero-order chi connectivity index (χ0) is 14.8. The number of sulfonamides is 1. The van der Waals surface area contributed by atoms with Crippen molar-refractivity contribution in [3.8, 4) is 0 Å². The van der Waals surface area contributed by atoms with Crippen molar-refractivity contribution < 1.29 is 8.42 Å². The molecule has 4 nitrogen and oxygen atoms in total. The van der Waals surface area contributed by atoms with Crippen LogP contribution >= 0.6 is 0 Å². The van der Waals surface area contributed by atoms with Gasteiger partial charge in [-0.05, 0) is 37.1 Å². The molecule has 5 heteroatoms. The van der Waals surface area contributed by atoms with Crippen LogP contribution in [0.25, 0.3) is 0 Å². The van der Waals surface area contributed by atoms with Crippen molar-refractivity contribution in [3.05, 3.63) is 24.3 Å². The molecule has 0 atom stereocenters. The minimum atomic E-state index is -3.36. The van der Waals surface area contributed by atoms with Crippen LogP contribution in [0.3, 0.4) is 0 Å². The van der Waals surface area contributed by atoms with Crippen LogP contribution in [-0.4, -0.2) is 21.5 Å². The lowest BCUT2D eigenvalue weighted by Gasteiger charge is -2.08. The highest BCUT2D eigenvalue weighted by Crippen LogP contribution is 2.14. The van der Waals surface area contributed by atoms with Gasteiger partial charge in [0.2, 0.25) is 10.0 Å². The third-order valence-electron chi connectivity index (χ3n) is 3.07. The van der Waals surface area contributed by atoms with E-state index in [0.29, 0.717) is 11.4 Å². The van der Waals surface area contributed by atoms with Crippen LogP contribution in [0.15, 0.2) is 29.2 Å². The van der Waals surface area contributed by atoms with Crippen LogP contribution in [0.1, 0.15) is 46.0 Å². The van der Waals surface area contributed by atoms with Gasteiger partial charge in [-0.15, -0.1) is 0 Å². The average Bonchev–Trinajstić information content (AvgIpc) is 2.45. The topological polar surface area (TPSA) is 58.2 Å². The molecule has 0 fully saturated rings. The van der Waals surface area contributed by atoms with Gasteiger partial charge in [0.15, 0.2) is 0 Å². The molecule has 0 aliphatic carbocycles. The molecule has 1 aromatic carbocycles. The molecular weight excluding hydrogens is 272 g/mol. The second-order valence-corrected chi connectivity index (χ2v) is 6.68. The largest absolute Gasteiger partial charge is 0.385 e. The Hall–Kier alpha value is -1.07. The first-order chi connectivity index (χ1) is 9.60. The number of anilines is 1. The molecule has 114 valence electrons. The van der Waals surface area contributed by atoms with Gasteiger partial charge in [-0.3, -0.25) is 0 Å². The molecule has 0 heterocycles. The van der Waals surface area contributed by atoms with Gasteiger partial charge in [0.25, 0.3) is 0 Å². The van der Waals surface area contributed by atoms with Gasteiger partial charge in [-0.1, -0.05) is 33.1 Å². The van der Waals surface area contributed by atoms with E-state index in [2.05, 4.69) is 23.9 Å². The van der Waals surface area contributed by atoms with Crippen molar-refractivity contribution in [1.82, 2.24) is 4.72 Å². The van der Waals surface area contributed by atoms with E-state index in [1.165, 1.54) is 0 Å². The summed E-state index contributed by atoms with van der Waals surface area (Å²) in [6.07, 6.45) is 5.31. The summed E-state index contributed by atoms with van der Waals surface area (Å²) in [7, 11) is -3.36. The zero-order valence-electron chi connectivity index (χ0n) is 12.5. The summed E-state index contributed by atoms with van der Waals surface area (Å²) < 4.78 is 26.8. The van der Waals surface area contributed by atoms with E-state index in [9.17, 15) is 8.42 Å². The van der Waals surface area contributed by atoms with Gasteiger partial charge in [0.1, 0.15) is 0 Å². The van der Waals surface area contributed by atoms with E-state index in [-0.39, 0.29) is 0 Å². The summed E-state index contributed by atoms with van der Waals surface area (Å²) in [5.41, 5.74) is 0.953. The molecule has 0 bridgehead atoms. The third kappa shape index (κ3) is 5.92. The molecule has 0 unspecified atom stereocenters. The number of unbranched alkanes of at least 4 members (excludes halogenated alkanes) is 3. The van der Waals surface area contributed by atoms with Crippen molar-refractivity contribution in [3.63, 3.8) is 0 Å². The van der Waals surface area contributed by atoms with Crippen molar-refractivity contribution in [2.24, 2.45) is 0 Å². The van der Waals surface area contributed by atoms with E-state index in [4.69, 9.17) is 0 Å². The van der Waals surface area contributed by atoms with E-state index in [0.717, 1.165) is 44.3 Å². The van der Waals surface area contributed by atoms with Gasteiger partial charge in [0, 0.05) is 18.8 Å². The van der Waals surface area contributed by atoms with Gasteiger partial charge in [-0.25, -0.2) is 13.1 Å². The average molecular weight is 298 g/mol. The quantitative estimate of drug-likeness (QED) is 0.651. The first-order valence-electron chi connectivity index (χ1n) is 7.43. The fourth-order valence-corrected chi connectivity index (χ4v) is 2.94. The minimum absolute atomic E-state index is 0.329. The normalized spacial score (nSPS) is 11.5. The Balaban J connectivity index is 2.50. The standard InChI is InChI=1S/C15H26N2O2S/c1-3-5-6-7-13-17-20(18,19)15-10-8-14(9-11-15)16-12-4-2/h8-11,16-17H,3-7,12-13H2,1-2H3. The predicted molar refractivity (Wildman–Crippen MR) is 84.6 cm³/mol. The molecule has 0 amide bonds. The highest BCUT2D eigenvalue weighted by atomic mass is 32.2. The van der Waals surface area contributed by atoms with Crippen LogP contribution in [0.4, 0.5) is 5.69 Å². The van der Waals surface area contributed by atoms with Gasteiger partial charge < -0.3 is 5.32 Å². The zero-order valence-corrected chi connectivity index (χ0v) is 13.3. The molecule has 0 saturated carbocycles. The summed E-state index contributed by atoms with van der Waals surface area (Å²) in [5.74, 6) is 0. The SMILES string of the molecule is CCCCCCNS(=O)(=O)c1ccc(NCCC)cc1. The van der Waals surface area contributed by atoms with Crippen molar-refractivity contribution in [2.45, 2.75) is 50.8 Å². The Morgan fingerprint density at radius 3 is 2.20 bits per heavy atom. The van der Waals surface area contributed by atoms with Crippen LogP contribution < -0.4 is 10.0 Å². The van der Waals surface area contributed by atoms with Gasteiger partial charge in [-0.2, -0.15) is 0 Å². The summed E-state index contributed by atoms with van der Waals surface area (Å²) in [6.45, 7) is 5.63. The van der Waals surface area contributed by atoms with Crippen molar-refractivity contribution >= 4 is 15.7 Å². The molecule has 1 aromatic rings. The smallest absolute Gasteiger partial charge is 0.240 e. The van der Waals surface area contributed by atoms with Crippen LogP contribution in [0, 0.1) is 0 Å². The molecule has 0 aromatic heterocycles. The number of benzene rings is 1. The van der Waals surface area contributed by atoms with E-state index in [1.54, 1.807) is 24.3 Å². The Bertz CT molecular complexity index is 469. The maximum absolute atomic E-state index is 12.1. The van der Waals surface area contributed by atoms with Crippen molar-refractivity contribution in [2.75, 3.05) is 18.4 Å². The third-order valence-corrected chi connectivity index (χ3v) is 4.54. The molecule has 0 aliphatic rings. The van der Waals surface area contributed by atoms with Crippen LogP contribution in [0.2, 0.25) is 0 Å². The van der Waals surface area contributed by atoms with E-state index >= 15 is 0 Å². The summed E-state index contributed by atoms with van der Waals surface area (Å²) in [4.78, 5) is 0.329. The Kier molecular flexibility index (Phi) is 7.62. The molecule has 2 N–H and O–H groups in total. The molecule has 0 saturated heterocycles. The molecule has 0 spiro atoms. The first-order valence-corrected chi connectivity index (χ1v) is 8.92. The Labute approximate surface area is 123 Å². The minimum Gasteiger partial charge on any atom is -0.385 e. The maximum atomic E-state index is 12.1.